The minimum absolute atomic E-state index is 0. The number of aromatic amines is 1. The molecule has 1 heterocycles. The molecular formula is C12H17ClN2O. The second kappa shape index (κ2) is 5.23. The Morgan fingerprint density at radius 2 is 2.38 bits per heavy atom. The van der Waals surface area contributed by atoms with Crippen molar-refractivity contribution in [3.63, 3.8) is 0 Å². The molecule has 0 amide bonds. The van der Waals surface area contributed by atoms with Crippen molar-refractivity contribution in [3.8, 4) is 5.75 Å². The third-order valence-electron chi connectivity index (χ3n) is 2.40. The van der Waals surface area contributed by atoms with Gasteiger partial charge in [-0.05, 0) is 37.1 Å². The van der Waals surface area contributed by atoms with Crippen LogP contribution in [0.2, 0.25) is 0 Å². The number of fused-ring (bicyclic) bond motifs is 1. The van der Waals surface area contributed by atoms with Crippen molar-refractivity contribution >= 4 is 23.3 Å². The van der Waals surface area contributed by atoms with Gasteiger partial charge in [-0.25, -0.2) is 0 Å². The molecule has 3 N–H and O–H groups in total. The maximum atomic E-state index is 7.09. The van der Waals surface area contributed by atoms with Gasteiger partial charge >= 0.3 is 0 Å². The summed E-state index contributed by atoms with van der Waals surface area (Å²) in [6.07, 6.45) is 2.63. The lowest BCUT2D eigenvalue weighted by Crippen LogP contribution is -2.17. The van der Waals surface area contributed by atoms with E-state index < -0.39 is 7.04 Å². The Kier molecular flexibility index (Phi) is 2.91. The van der Waals surface area contributed by atoms with Crippen molar-refractivity contribution in [2.24, 2.45) is 5.73 Å². The molecule has 3 nitrogen and oxygen atoms in total. The lowest BCUT2D eigenvalue weighted by molar-refractivity contribution is 0.415. The third-order valence-corrected chi connectivity index (χ3v) is 2.40. The minimum Gasteiger partial charge on any atom is -0.497 e. The molecular weight excluding hydrogens is 224 g/mol. The van der Waals surface area contributed by atoms with Crippen molar-refractivity contribution < 1.29 is 8.85 Å². The van der Waals surface area contributed by atoms with Crippen LogP contribution >= 0.6 is 12.4 Å². The highest BCUT2D eigenvalue weighted by molar-refractivity contribution is 5.85. The van der Waals surface area contributed by atoms with Gasteiger partial charge < -0.3 is 15.5 Å². The van der Waals surface area contributed by atoms with E-state index >= 15 is 0 Å². The molecule has 0 spiro atoms. The van der Waals surface area contributed by atoms with Gasteiger partial charge in [0.2, 0.25) is 0 Å². The second-order valence-electron chi connectivity index (χ2n) is 3.80. The van der Waals surface area contributed by atoms with Crippen LogP contribution in [-0.4, -0.2) is 18.1 Å². The quantitative estimate of drug-likeness (QED) is 0.870. The van der Waals surface area contributed by atoms with Gasteiger partial charge in [0.15, 0.2) is 0 Å². The van der Waals surface area contributed by atoms with Gasteiger partial charge in [-0.1, -0.05) is 0 Å². The molecule has 1 aromatic carbocycles. The molecule has 0 aliphatic rings. The molecule has 4 heteroatoms. The van der Waals surface area contributed by atoms with Crippen LogP contribution in [0.15, 0.2) is 24.4 Å². The molecule has 0 fully saturated rings. The number of aromatic nitrogens is 1. The highest BCUT2D eigenvalue weighted by Crippen LogP contribution is 2.24. The molecule has 0 bridgehead atoms. The second-order valence-corrected chi connectivity index (χ2v) is 3.80. The summed E-state index contributed by atoms with van der Waals surface area (Å²) in [7, 11) is -2.43. The smallest absolute Gasteiger partial charge is 0.119 e. The molecule has 0 aliphatic heterocycles. The van der Waals surface area contributed by atoms with Gasteiger partial charge in [0.05, 0.1) is 11.2 Å². The Bertz CT molecular complexity index is 551. The summed E-state index contributed by atoms with van der Waals surface area (Å²) in [5.41, 5.74) is 7.79. The zero-order valence-electron chi connectivity index (χ0n) is 12.0. The van der Waals surface area contributed by atoms with E-state index in [1.165, 1.54) is 0 Å². The predicted octanol–water partition coefficient (Wildman–Crippen LogP) is 2.49. The molecule has 1 atom stereocenters. The normalized spacial score (nSPS) is 15.8. The van der Waals surface area contributed by atoms with Crippen LogP contribution in [-0.2, 0) is 6.42 Å². The van der Waals surface area contributed by atoms with Crippen LogP contribution in [0.5, 0.6) is 5.75 Å². The van der Waals surface area contributed by atoms with Gasteiger partial charge in [-0.3, -0.25) is 0 Å². The van der Waals surface area contributed by atoms with E-state index in [-0.39, 0.29) is 18.4 Å². The lowest BCUT2D eigenvalue weighted by Gasteiger charge is -2.04. The monoisotopic (exact) mass is 243 g/mol. The van der Waals surface area contributed by atoms with Gasteiger partial charge in [0.25, 0.3) is 0 Å². The first-order valence-electron chi connectivity index (χ1n) is 6.40. The average molecular weight is 244 g/mol. The van der Waals surface area contributed by atoms with E-state index in [1.54, 1.807) is 18.2 Å². The first kappa shape index (κ1) is 8.90. The number of methoxy groups -OCH3 is 1. The first-order valence-corrected chi connectivity index (χ1v) is 4.90. The summed E-state index contributed by atoms with van der Waals surface area (Å²) in [6, 6.07) is 5.23. The van der Waals surface area contributed by atoms with Crippen LogP contribution in [0, 0.1) is 0 Å². The Hall–Kier alpha value is -1.19. The molecule has 88 valence electrons. The number of ether oxygens (including phenoxy) is 1. The fourth-order valence-electron chi connectivity index (χ4n) is 1.74. The number of benzene rings is 1. The first-order chi connectivity index (χ1) is 8.35. The van der Waals surface area contributed by atoms with Gasteiger partial charge in [-0.2, -0.15) is 0 Å². The molecule has 0 saturated carbocycles. The molecule has 16 heavy (non-hydrogen) atoms. The Balaban J connectivity index is 0.00000180. The number of halogens is 1. The van der Waals surface area contributed by atoms with E-state index in [0.29, 0.717) is 5.75 Å². The molecule has 0 saturated heterocycles. The van der Waals surface area contributed by atoms with E-state index in [4.69, 9.17) is 14.6 Å². The summed E-state index contributed by atoms with van der Waals surface area (Å²) in [6.45, 7) is 1.93. The van der Waals surface area contributed by atoms with E-state index in [0.717, 1.165) is 22.9 Å². The maximum absolute atomic E-state index is 7.09. The summed E-state index contributed by atoms with van der Waals surface area (Å²) < 4.78 is 26.2. The van der Waals surface area contributed by atoms with Crippen molar-refractivity contribution in [2.75, 3.05) is 7.04 Å². The fraction of sp³-hybridized carbons (Fsp3) is 0.333. The van der Waals surface area contributed by atoms with Crippen molar-refractivity contribution in [1.29, 1.82) is 0 Å². The highest BCUT2D eigenvalue weighted by atomic mass is 35.5. The topological polar surface area (TPSA) is 51.0 Å². The SMILES string of the molecule is Cl.[2H]C([2H])([2H])Oc1ccc2[nH]cc(CC(C)N)c2c1. The summed E-state index contributed by atoms with van der Waals surface area (Å²) in [5.74, 6) is 0.341. The van der Waals surface area contributed by atoms with E-state index in [9.17, 15) is 0 Å². The molecule has 2 aromatic rings. The fourth-order valence-corrected chi connectivity index (χ4v) is 1.74. The van der Waals surface area contributed by atoms with Crippen LogP contribution in [0.4, 0.5) is 0 Å². The minimum atomic E-state index is -2.43. The third kappa shape index (κ3) is 2.49. The van der Waals surface area contributed by atoms with Gasteiger partial charge in [0, 0.05) is 23.1 Å². The molecule has 0 radical (unpaired) electrons. The Labute approximate surface area is 106 Å². The number of rotatable bonds is 3. The van der Waals surface area contributed by atoms with Gasteiger partial charge in [0.1, 0.15) is 5.75 Å². The zero-order chi connectivity index (χ0) is 13.3. The summed E-state index contributed by atoms with van der Waals surface area (Å²) >= 11 is 0. The lowest BCUT2D eigenvalue weighted by atomic mass is 10.1. The van der Waals surface area contributed by atoms with Crippen molar-refractivity contribution in [2.45, 2.75) is 19.4 Å². The van der Waals surface area contributed by atoms with E-state index in [2.05, 4.69) is 4.98 Å². The molecule has 2 rings (SSSR count). The largest absolute Gasteiger partial charge is 0.497 e. The molecule has 1 aromatic heterocycles. The van der Waals surface area contributed by atoms with Crippen LogP contribution < -0.4 is 10.5 Å². The zero-order valence-corrected chi connectivity index (χ0v) is 9.80. The highest BCUT2D eigenvalue weighted by Gasteiger charge is 2.06. The Morgan fingerprint density at radius 3 is 3.06 bits per heavy atom. The summed E-state index contributed by atoms with van der Waals surface area (Å²) in [4.78, 5) is 3.13. The van der Waals surface area contributed by atoms with Crippen LogP contribution in [0.25, 0.3) is 10.9 Å². The number of hydrogen-bond acceptors (Lipinski definition) is 2. The van der Waals surface area contributed by atoms with Crippen LogP contribution in [0.3, 0.4) is 0 Å². The van der Waals surface area contributed by atoms with Crippen LogP contribution in [0.1, 0.15) is 16.6 Å². The number of H-pyrrole nitrogens is 1. The predicted molar refractivity (Wildman–Crippen MR) is 69.5 cm³/mol. The van der Waals surface area contributed by atoms with Gasteiger partial charge in [-0.15, -0.1) is 12.4 Å². The summed E-state index contributed by atoms with van der Waals surface area (Å²) in [5, 5.41) is 0.953. The molecule has 0 aliphatic carbocycles. The maximum Gasteiger partial charge on any atom is 0.119 e. The number of hydrogen-bond donors (Lipinski definition) is 2. The standard InChI is InChI=1S/C12H16N2O.ClH/c1-8(13)5-9-7-14-12-4-3-10(15-2)6-11(9)12;/h3-4,6-8,14H,5,13H2,1-2H3;1H/i2D3;. The van der Waals surface area contributed by atoms with Crippen molar-refractivity contribution in [1.82, 2.24) is 4.98 Å². The van der Waals surface area contributed by atoms with Crippen molar-refractivity contribution in [3.05, 3.63) is 30.0 Å². The van der Waals surface area contributed by atoms with E-state index in [1.807, 2.05) is 13.1 Å². The Morgan fingerprint density at radius 1 is 1.56 bits per heavy atom. The number of nitrogens with one attached hydrogen (secondary N) is 1. The molecule has 1 unspecified atom stereocenters. The average Bonchev–Trinajstić information content (AvgIpc) is 2.58. The number of nitrogens with two attached hydrogens (primary N) is 1.